The first-order valence-corrected chi connectivity index (χ1v) is 7.83. The second-order valence-electron chi connectivity index (χ2n) is 5.85. The van der Waals surface area contributed by atoms with E-state index >= 15 is 0 Å². The maximum atomic E-state index is 13.6. The smallest absolute Gasteiger partial charge is 0.319 e. The first kappa shape index (κ1) is 20.3. The Morgan fingerprint density at radius 3 is 2.56 bits per heavy atom. The second-order valence-corrected chi connectivity index (χ2v) is 5.85. The van der Waals surface area contributed by atoms with Crippen molar-refractivity contribution >= 4 is 23.5 Å². The maximum Gasteiger partial charge on any atom is 0.319 e. The lowest BCUT2D eigenvalue weighted by atomic mass is 9.90. The van der Waals surface area contributed by atoms with Crippen molar-refractivity contribution in [2.75, 3.05) is 11.9 Å². The number of aliphatic hydroxyl groups excluding tert-OH is 2. The van der Waals surface area contributed by atoms with Gasteiger partial charge in [0.25, 0.3) is 0 Å². The van der Waals surface area contributed by atoms with Crippen LogP contribution in [0.4, 0.5) is 19.3 Å². The van der Waals surface area contributed by atoms with Crippen LogP contribution in [-0.2, 0) is 9.59 Å². The number of carbonyl (C=O) groups excluding carboxylic acids is 3. The summed E-state index contributed by atoms with van der Waals surface area (Å²) in [5, 5.41) is 26.5. The molecule has 0 saturated carbocycles. The van der Waals surface area contributed by atoms with Crippen LogP contribution < -0.4 is 21.7 Å². The van der Waals surface area contributed by atoms with Crippen molar-refractivity contribution in [3.63, 3.8) is 0 Å². The number of rotatable bonds is 5. The minimum atomic E-state index is -1.43. The molecule has 11 heteroatoms. The Morgan fingerprint density at radius 2 is 1.93 bits per heavy atom. The predicted octanol–water partition coefficient (Wildman–Crippen LogP) is -0.892. The lowest BCUT2D eigenvalue weighted by Crippen LogP contribution is -2.52. The van der Waals surface area contributed by atoms with Crippen LogP contribution in [0.1, 0.15) is 6.42 Å². The normalized spacial score (nSPS) is 21.8. The number of nitrogens with two attached hydrogens (primary N) is 1. The van der Waals surface area contributed by atoms with Crippen LogP contribution in [0.15, 0.2) is 29.8 Å². The predicted molar refractivity (Wildman–Crippen MR) is 89.2 cm³/mol. The highest BCUT2D eigenvalue weighted by Crippen LogP contribution is 2.20. The fourth-order valence-electron chi connectivity index (χ4n) is 2.45. The second kappa shape index (κ2) is 8.56. The van der Waals surface area contributed by atoms with E-state index in [9.17, 15) is 33.4 Å². The van der Waals surface area contributed by atoms with E-state index in [1.807, 2.05) is 0 Å². The summed E-state index contributed by atoms with van der Waals surface area (Å²) in [6, 6.07) is 0.405. The summed E-state index contributed by atoms with van der Waals surface area (Å²) < 4.78 is 26.5. The molecule has 1 aromatic rings. The SMILES string of the molecule is NC(=O)CNC(=O)C1=CC(NC(=O)Nc2ccc(F)cc2F)C(O)C(O)C1. The number of primary amides is 1. The topological polar surface area (TPSA) is 154 Å². The number of aliphatic hydroxyl groups is 2. The first-order valence-electron chi connectivity index (χ1n) is 7.83. The van der Waals surface area contributed by atoms with Gasteiger partial charge in [-0.15, -0.1) is 0 Å². The maximum absolute atomic E-state index is 13.6. The zero-order chi connectivity index (χ0) is 20.1. The Bertz CT molecular complexity index is 786. The van der Waals surface area contributed by atoms with Crippen molar-refractivity contribution in [1.29, 1.82) is 0 Å². The molecular formula is C16H18F2N4O5. The van der Waals surface area contributed by atoms with Crippen LogP contribution in [0.25, 0.3) is 0 Å². The molecule has 1 aromatic carbocycles. The van der Waals surface area contributed by atoms with Gasteiger partial charge >= 0.3 is 6.03 Å². The summed E-state index contributed by atoms with van der Waals surface area (Å²) >= 11 is 0. The van der Waals surface area contributed by atoms with Crippen LogP contribution in [0, 0.1) is 11.6 Å². The minimum Gasteiger partial charge on any atom is -0.390 e. The number of urea groups is 1. The third-order valence-corrected chi connectivity index (χ3v) is 3.76. The van der Waals surface area contributed by atoms with Crippen molar-refractivity contribution < 1.29 is 33.4 Å². The molecule has 3 unspecified atom stereocenters. The van der Waals surface area contributed by atoms with Crippen molar-refractivity contribution in [3.05, 3.63) is 41.5 Å². The van der Waals surface area contributed by atoms with Crippen molar-refractivity contribution in [3.8, 4) is 0 Å². The quantitative estimate of drug-likeness (QED) is 0.389. The van der Waals surface area contributed by atoms with E-state index < -0.39 is 54.3 Å². The molecule has 2 rings (SSSR count). The van der Waals surface area contributed by atoms with Crippen LogP contribution in [0.3, 0.4) is 0 Å². The third-order valence-electron chi connectivity index (χ3n) is 3.76. The molecule has 0 saturated heterocycles. The first-order chi connectivity index (χ1) is 12.7. The van der Waals surface area contributed by atoms with Crippen molar-refractivity contribution in [1.82, 2.24) is 10.6 Å². The highest BCUT2D eigenvalue weighted by atomic mass is 19.1. The van der Waals surface area contributed by atoms with Gasteiger partial charge < -0.3 is 31.9 Å². The number of anilines is 1. The van der Waals surface area contributed by atoms with Gasteiger partial charge in [-0.25, -0.2) is 13.6 Å². The number of hydrogen-bond acceptors (Lipinski definition) is 5. The molecular weight excluding hydrogens is 366 g/mol. The number of amides is 4. The Morgan fingerprint density at radius 1 is 1.22 bits per heavy atom. The number of nitrogens with one attached hydrogen (secondary N) is 3. The summed E-state index contributed by atoms with van der Waals surface area (Å²) in [5.74, 6) is -3.29. The molecule has 146 valence electrons. The van der Waals surface area contributed by atoms with E-state index in [4.69, 9.17) is 5.73 Å². The monoisotopic (exact) mass is 384 g/mol. The zero-order valence-electron chi connectivity index (χ0n) is 13.9. The average molecular weight is 384 g/mol. The summed E-state index contributed by atoms with van der Waals surface area (Å²) in [6.45, 7) is -0.419. The van der Waals surface area contributed by atoms with E-state index in [1.165, 1.54) is 6.08 Å². The molecule has 0 radical (unpaired) electrons. The van der Waals surface area contributed by atoms with E-state index in [-0.39, 0.29) is 17.7 Å². The van der Waals surface area contributed by atoms with E-state index in [1.54, 1.807) is 0 Å². The third kappa shape index (κ3) is 5.46. The molecule has 4 amide bonds. The lowest BCUT2D eigenvalue weighted by molar-refractivity contribution is -0.123. The molecule has 3 atom stereocenters. The summed E-state index contributed by atoms with van der Waals surface area (Å²) in [6.07, 6.45) is -1.80. The van der Waals surface area contributed by atoms with Crippen molar-refractivity contribution in [2.24, 2.45) is 5.73 Å². The van der Waals surface area contributed by atoms with Crippen LogP contribution >= 0.6 is 0 Å². The van der Waals surface area contributed by atoms with E-state index in [0.717, 1.165) is 12.1 Å². The number of carbonyl (C=O) groups is 3. The van der Waals surface area contributed by atoms with Gasteiger partial charge in [-0.1, -0.05) is 6.08 Å². The van der Waals surface area contributed by atoms with Gasteiger partial charge in [0, 0.05) is 18.1 Å². The van der Waals surface area contributed by atoms with Gasteiger partial charge in [0.05, 0.1) is 24.4 Å². The number of hydrogen-bond donors (Lipinski definition) is 6. The molecule has 27 heavy (non-hydrogen) atoms. The van der Waals surface area contributed by atoms with Crippen LogP contribution in [-0.4, -0.2) is 52.9 Å². The standard InChI is InChI=1S/C16H18F2N4O5/c17-8-1-2-10(9(18)5-8)21-16(27)22-11-3-7(4-12(23)14(11)25)15(26)20-6-13(19)24/h1-3,5,11-12,14,23,25H,4,6H2,(H2,19,24)(H,20,26)(H2,21,22,27). The molecule has 7 N–H and O–H groups in total. The van der Waals surface area contributed by atoms with Gasteiger partial charge in [-0.3, -0.25) is 9.59 Å². The Kier molecular flexibility index (Phi) is 6.42. The number of benzene rings is 1. The average Bonchev–Trinajstić information content (AvgIpc) is 2.59. The fourth-order valence-corrected chi connectivity index (χ4v) is 2.45. The minimum absolute atomic E-state index is 0.0207. The largest absolute Gasteiger partial charge is 0.390 e. The molecule has 0 aromatic heterocycles. The summed E-state index contributed by atoms with van der Waals surface area (Å²) in [7, 11) is 0. The van der Waals surface area contributed by atoms with E-state index in [2.05, 4.69) is 16.0 Å². The summed E-state index contributed by atoms with van der Waals surface area (Å²) in [5.41, 5.74) is 4.64. The van der Waals surface area contributed by atoms with Gasteiger partial charge in [0.2, 0.25) is 11.8 Å². The molecule has 1 aliphatic carbocycles. The Hall–Kier alpha value is -3.05. The van der Waals surface area contributed by atoms with E-state index in [0.29, 0.717) is 6.07 Å². The molecule has 0 bridgehead atoms. The molecule has 1 aliphatic rings. The van der Waals surface area contributed by atoms with Gasteiger partial charge in [-0.05, 0) is 12.1 Å². The highest BCUT2D eigenvalue weighted by Gasteiger charge is 2.33. The zero-order valence-corrected chi connectivity index (χ0v) is 13.9. The number of halogens is 2. The molecule has 9 nitrogen and oxygen atoms in total. The van der Waals surface area contributed by atoms with Gasteiger partial charge in [0.15, 0.2) is 0 Å². The fraction of sp³-hybridized carbons (Fsp3) is 0.312. The van der Waals surface area contributed by atoms with Crippen molar-refractivity contribution in [2.45, 2.75) is 24.7 Å². The Balaban J connectivity index is 2.07. The molecule has 0 fully saturated rings. The molecule has 0 aliphatic heterocycles. The Labute approximate surface area is 152 Å². The van der Waals surface area contributed by atoms with Crippen LogP contribution in [0.2, 0.25) is 0 Å². The van der Waals surface area contributed by atoms with Crippen LogP contribution in [0.5, 0.6) is 0 Å². The van der Waals surface area contributed by atoms with Gasteiger partial charge in [0.1, 0.15) is 17.7 Å². The highest BCUT2D eigenvalue weighted by molar-refractivity contribution is 5.96. The molecule has 0 spiro atoms. The summed E-state index contributed by atoms with van der Waals surface area (Å²) in [4.78, 5) is 34.7. The molecule has 0 heterocycles. The van der Waals surface area contributed by atoms with Gasteiger partial charge in [-0.2, -0.15) is 0 Å². The lowest BCUT2D eigenvalue weighted by Gasteiger charge is -2.31.